The first-order chi connectivity index (χ1) is 7.34. The van der Waals surface area contributed by atoms with Gasteiger partial charge in [-0.3, -0.25) is 0 Å². The Hall–Kier alpha value is -1.07. The summed E-state index contributed by atoms with van der Waals surface area (Å²) < 4.78 is 24.0. The van der Waals surface area contributed by atoms with Gasteiger partial charge in [0.05, 0.1) is 22.9 Å². The van der Waals surface area contributed by atoms with Crippen LogP contribution in [-0.4, -0.2) is 24.8 Å². The Labute approximate surface area is 95.2 Å². The lowest BCUT2D eigenvalue weighted by molar-refractivity contribution is 0.282. The molecule has 0 saturated heterocycles. The lowest BCUT2D eigenvalue weighted by Crippen LogP contribution is -2.42. The summed E-state index contributed by atoms with van der Waals surface area (Å²) in [6.07, 6.45) is 0. The number of nitrogens with one attached hydrogen (secondary N) is 1. The quantitative estimate of drug-likeness (QED) is 0.774. The number of hydrogen-bond donors (Lipinski definition) is 2. The highest BCUT2D eigenvalue weighted by atomic mass is 32.2. The monoisotopic (exact) mass is 241 g/mol. The fraction of sp³-hybridized carbons (Fsp3) is 0.455. The van der Waals surface area contributed by atoms with Crippen LogP contribution in [0.4, 0.5) is 5.69 Å². The number of hydrogen-bond acceptors (Lipinski definition) is 4. The molecule has 0 aliphatic carbocycles. The van der Waals surface area contributed by atoms with Gasteiger partial charge in [0.15, 0.2) is 9.84 Å². The van der Waals surface area contributed by atoms with E-state index in [9.17, 15) is 8.42 Å². The van der Waals surface area contributed by atoms with Crippen molar-refractivity contribution < 1.29 is 13.5 Å². The van der Waals surface area contributed by atoms with Crippen molar-refractivity contribution in [2.45, 2.75) is 30.9 Å². The van der Waals surface area contributed by atoms with Crippen LogP contribution in [-0.2, 0) is 16.4 Å². The standard InChI is InChI=1S/C11H15NO3S/c1-11(2)7-16(14,15)10-4-3-8(6-13)5-9(10)12-11/h3-5,12-13H,6-7H2,1-2H3. The van der Waals surface area contributed by atoms with Gasteiger partial charge >= 0.3 is 0 Å². The van der Waals surface area contributed by atoms with Gasteiger partial charge in [-0.1, -0.05) is 6.07 Å². The lowest BCUT2D eigenvalue weighted by atomic mass is 10.1. The van der Waals surface area contributed by atoms with E-state index in [2.05, 4.69) is 5.32 Å². The van der Waals surface area contributed by atoms with E-state index in [0.717, 1.165) is 0 Å². The molecular formula is C11H15NO3S. The van der Waals surface area contributed by atoms with E-state index in [4.69, 9.17) is 5.11 Å². The number of rotatable bonds is 1. The van der Waals surface area contributed by atoms with Crippen LogP contribution >= 0.6 is 0 Å². The topological polar surface area (TPSA) is 66.4 Å². The van der Waals surface area contributed by atoms with Crippen molar-refractivity contribution in [3.63, 3.8) is 0 Å². The van der Waals surface area contributed by atoms with Gasteiger partial charge in [-0.05, 0) is 31.5 Å². The molecule has 0 fully saturated rings. The summed E-state index contributed by atoms with van der Waals surface area (Å²) in [7, 11) is -3.22. The molecule has 16 heavy (non-hydrogen) atoms. The van der Waals surface area contributed by atoms with Crippen LogP contribution in [0.3, 0.4) is 0 Å². The van der Waals surface area contributed by atoms with E-state index in [1.807, 2.05) is 13.8 Å². The largest absolute Gasteiger partial charge is 0.392 e. The first-order valence-electron chi connectivity index (χ1n) is 5.09. The highest BCUT2D eigenvalue weighted by Crippen LogP contribution is 2.33. The minimum atomic E-state index is -3.22. The highest BCUT2D eigenvalue weighted by molar-refractivity contribution is 7.91. The average molecular weight is 241 g/mol. The molecule has 0 saturated carbocycles. The summed E-state index contributed by atoms with van der Waals surface area (Å²) in [5.41, 5.74) is 0.821. The van der Waals surface area contributed by atoms with Gasteiger partial charge in [-0.25, -0.2) is 8.42 Å². The minimum Gasteiger partial charge on any atom is -0.392 e. The molecule has 2 N–H and O–H groups in total. The Morgan fingerprint density at radius 3 is 2.75 bits per heavy atom. The molecule has 0 bridgehead atoms. The molecular weight excluding hydrogens is 226 g/mol. The molecule has 4 nitrogen and oxygen atoms in total. The van der Waals surface area contributed by atoms with Gasteiger partial charge in [0.2, 0.25) is 0 Å². The van der Waals surface area contributed by atoms with Crippen LogP contribution in [0.1, 0.15) is 19.4 Å². The summed E-state index contributed by atoms with van der Waals surface area (Å²) in [6, 6.07) is 4.88. The van der Waals surface area contributed by atoms with Crippen molar-refractivity contribution in [1.29, 1.82) is 0 Å². The minimum absolute atomic E-state index is 0.0879. The van der Waals surface area contributed by atoms with Gasteiger partial charge in [0.25, 0.3) is 0 Å². The SMILES string of the molecule is CC1(C)CS(=O)(=O)c2ccc(CO)cc2N1. The first kappa shape index (κ1) is 11.4. The van der Waals surface area contributed by atoms with Crippen LogP contribution in [0, 0.1) is 0 Å². The summed E-state index contributed by atoms with van der Waals surface area (Å²) >= 11 is 0. The van der Waals surface area contributed by atoms with Crippen molar-refractivity contribution >= 4 is 15.5 Å². The second-order valence-corrected chi connectivity index (χ2v) is 6.71. The van der Waals surface area contributed by atoms with Crippen molar-refractivity contribution in [2.75, 3.05) is 11.1 Å². The molecule has 1 aromatic rings. The third kappa shape index (κ3) is 1.92. The second-order valence-electron chi connectivity index (χ2n) is 4.76. The molecule has 0 radical (unpaired) electrons. The number of aliphatic hydroxyl groups is 1. The molecule has 0 amide bonds. The zero-order chi connectivity index (χ0) is 12.0. The molecule has 0 aromatic heterocycles. The van der Waals surface area contributed by atoms with E-state index in [1.54, 1.807) is 18.2 Å². The molecule has 88 valence electrons. The maximum Gasteiger partial charge on any atom is 0.182 e. The fourth-order valence-electron chi connectivity index (χ4n) is 2.00. The summed E-state index contributed by atoms with van der Waals surface area (Å²) in [5.74, 6) is 0.0888. The normalized spacial score (nSPS) is 20.9. The smallest absolute Gasteiger partial charge is 0.182 e. The molecule has 1 aliphatic rings. The van der Waals surface area contributed by atoms with Crippen molar-refractivity contribution in [1.82, 2.24) is 0 Å². The van der Waals surface area contributed by atoms with Crippen LogP contribution in [0.15, 0.2) is 23.1 Å². The van der Waals surface area contributed by atoms with E-state index >= 15 is 0 Å². The third-order valence-corrected chi connectivity index (χ3v) is 4.71. The van der Waals surface area contributed by atoms with E-state index in [-0.39, 0.29) is 12.4 Å². The van der Waals surface area contributed by atoms with Gasteiger partial charge in [0.1, 0.15) is 0 Å². The second kappa shape index (κ2) is 3.46. The van der Waals surface area contributed by atoms with Gasteiger partial charge in [0, 0.05) is 5.54 Å². The lowest BCUT2D eigenvalue weighted by Gasteiger charge is -2.33. The molecule has 0 unspecified atom stereocenters. The Morgan fingerprint density at radius 2 is 2.12 bits per heavy atom. The summed E-state index contributed by atoms with van der Waals surface area (Å²) in [4.78, 5) is 0.323. The van der Waals surface area contributed by atoms with Crippen LogP contribution in [0.5, 0.6) is 0 Å². The van der Waals surface area contributed by atoms with E-state index in [0.29, 0.717) is 16.1 Å². The highest BCUT2D eigenvalue weighted by Gasteiger charge is 2.34. The number of aliphatic hydroxyl groups excluding tert-OH is 1. The maximum atomic E-state index is 12.0. The van der Waals surface area contributed by atoms with Gasteiger partial charge < -0.3 is 10.4 Å². The maximum absolute atomic E-state index is 12.0. The average Bonchev–Trinajstić information content (AvgIpc) is 2.13. The Bertz CT molecular complexity index is 520. The number of anilines is 1. The predicted octanol–water partition coefficient (Wildman–Crippen LogP) is 1.16. The molecule has 0 spiro atoms. The number of sulfone groups is 1. The third-order valence-electron chi connectivity index (χ3n) is 2.59. The zero-order valence-electron chi connectivity index (χ0n) is 9.32. The van der Waals surface area contributed by atoms with Crippen molar-refractivity contribution in [2.24, 2.45) is 0 Å². The van der Waals surface area contributed by atoms with Crippen molar-refractivity contribution in [3.05, 3.63) is 23.8 Å². The Kier molecular flexibility index (Phi) is 2.47. The number of fused-ring (bicyclic) bond motifs is 1. The summed E-state index contributed by atoms with van der Waals surface area (Å²) in [5, 5.41) is 12.2. The fourth-order valence-corrected chi connectivity index (χ4v) is 3.90. The zero-order valence-corrected chi connectivity index (χ0v) is 10.1. The van der Waals surface area contributed by atoms with Crippen LogP contribution in [0.25, 0.3) is 0 Å². The molecule has 0 atom stereocenters. The first-order valence-corrected chi connectivity index (χ1v) is 6.74. The summed E-state index contributed by atoms with van der Waals surface area (Å²) in [6.45, 7) is 3.60. The molecule has 5 heteroatoms. The molecule has 1 heterocycles. The van der Waals surface area contributed by atoms with Gasteiger partial charge in [-0.15, -0.1) is 0 Å². The van der Waals surface area contributed by atoms with Gasteiger partial charge in [-0.2, -0.15) is 0 Å². The van der Waals surface area contributed by atoms with Crippen LogP contribution in [0.2, 0.25) is 0 Å². The molecule has 1 aliphatic heterocycles. The van der Waals surface area contributed by atoms with Crippen LogP contribution < -0.4 is 5.32 Å². The molecule has 1 aromatic carbocycles. The Morgan fingerprint density at radius 1 is 1.44 bits per heavy atom. The van der Waals surface area contributed by atoms with E-state index in [1.165, 1.54) is 0 Å². The van der Waals surface area contributed by atoms with E-state index < -0.39 is 15.4 Å². The Balaban J connectivity index is 2.60. The predicted molar refractivity (Wildman–Crippen MR) is 62.1 cm³/mol. The number of benzene rings is 1. The van der Waals surface area contributed by atoms with Crippen molar-refractivity contribution in [3.8, 4) is 0 Å². The molecule has 2 rings (SSSR count).